The SMILES string of the molecule is CCN[C@H](C)CNC(=O)Cc1ccc2ccccc2c1. The maximum Gasteiger partial charge on any atom is 0.224 e. The van der Waals surface area contributed by atoms with Crippen molar-refractivity contribution in [2.45, 2.75) is 26.3 Å². The molecular formula is C17H22N2O. The van der Waals surface area contributed by atoms with E-state index < -0.39 is 0 Å². The van der Waals surface area contributed by atoms with Crippen LogP contribution >= 0.6 is 0 Å². The lowest BCUT2D eigenvalue weighted by Crippen LogP contribution is -2.39. The lowest BCUT2D eigenvalue weighted by Gasteiger charge is -2.13. The molecule has 2 rings (SSSR count). The van der Waals surface area contributed by atoms with Gasteiger partial charge in [-0.2, -0.15) is 0 Å². The highest BCUT2D eigenvalue weighted by Crippen LogP contribution is 2.15. The van der Waals surface area contributed by atoms with Crippen molar-refractivity contribution in [1.82, 2.24) is 10.6 Å². The van der Waals surface area contributed by atoms with Crippen LogP contribution in [-0.2, 0) is 11.2 Å². The van der Waals surface area contributed by atoms with Gasteiger partial charge in [-0.3, -0.25) is 4.79 Å². The first-order valence-corrected chi connectivity index (χ1v) is 7.17. The van der Waals surface area contributed by atoms with Crippen LogP contribution in [0.1, 0.15) is 19.4 Å². The van der Waals surface area contributed by atoms with E-state index >= 15 is 0 Å². The molecule has 1 amide bonds. The predicted molar refractivity (Wildman–Crippen MR) is 83.8 cm³/mol. The molecule has 2 aromatic rings. The zero-order valence-electron chi connectivity index (χ0n) is 12.1. The number of fused-ring (bicyclic) bond motifs is 1. The van der Waals surface area contributed by atoms with E-state index in [1.807, 2.05) is 18.2 Å². The van der Waals surface area contributed by atoms with Gasteiger partial charge in [0.1, 0.15) is 0 Å². The van der Waals surface area contributed by atoms with Crippen LogP contribution in [0.2, 0.25) is 0 Å². The summed E-state index contributed by atoms with van der Waals surface area (Å²) in [5.74, 6) is 0.0741. The second-order valence-corrected chi connectivity index (χ2v) is 5.12. The molecule has 20 heavy (non-hydrogen) atoms. The van der Waals surface area contributed by atoms with Gasteiger partial charge in [-0.15, -0.1) is 0 Å². The fourth-order valence-electron chi connectivity index (χ4n) is 2.28. The fourth-order valence-corrected chi connectivity index (χ4v) is 2.28. The Balaban J connectivity index is 1.92. The van der Waals surface area contributed by atoms with Crippen LogP contribution in [-0.4, -0.2) is 25.0 Å². The van der Waals surface area contributed by atoms with E-state index in [-0.39, 0.29) is 5.91 Å². The standard InChI is InChI=1S/C17H22N2O/c1-3-18-13(2)12-19-17(20)11-14-8-9-15-6-4-5-7-16(15)10-14/h4-10,13,18H,3,11-12H2,1-2H3,(H,19,20)/t13-/m1/s1. The average molecular weight is 270 g/mol. The fraction of sp³-hybridized carbons (Fsp3) is 0.353. The Hall–Kier alpha value is -1.87. The summed E-state index contributed by atoms with van der Waals surface area (Å²) in [7, 11) is 0. The Kier molecular flexibility index (Phi) is 5.13. The summed E-state index contributed by atoms with van der Waals surface area (Å²) in [5, 5.41) is 8.62. The van der Waals surface area contributed by atoms with Gasteiger partial charge in [0.2, 0.25) is 5.91 Å². The number of hydrogen-bond donors (Lipinski definition) is 2. The number of nitrogens with one attached hydrogen (secondary N) is 2. The zero-order valence-corrected chi connectivity index (χ0v) is 12.1. The minimum Gasteiger partial charge on any atom is -0.354 e. The van der Waals surface area contributed by atoms with E-state index in [4.69, 9.17) is 0 Å². The minimum atomic E-state index is 0.0741. The number of benzene rings is 2. The second-order valence-electron chi connectivity index (χ2n) is 5.12. The summed E-state index contributed by atoms with van der Waals surface area (Å²) in [5.41, 5.74) is 1.05. The first-order chi connectivity index (χ1) is 9.69. The Bertz CT molecular complexity index is 580. The smallest absolute Gasteiger partial charge is 0.224 e. The third kappa shape index (κ3) is 4.07. The molecule has 0 saturated carbocycles. The molecule has 3 nitrogen and oxygen atoms in total. The molecule has 0 fully saturated rings. The van der Waals surface area contributed by atoms with Gasteiger partial charge in [-0.05, 0) is 29.8 Å². The van der Waals surface area contributed by atoms with E-state index in [0.717, 1.165) is 12.1 Å². The molecule has 2 aromatic carbocycles. The highest BCUT2D eigenvalue weighted by Gasteiger charge is 2.06. The molecule has 106 valence electrons. The largest absolute Gasteiger partial charge is 0.354 e. The Labute approximate surface area is 120 Å². The van der Waals surface area contributed by atoms with Crippen molar-refractivity contribution >= 4 is 16.7 Å². The molecule has 0 aliphatic heterocycles. The van der Waals surface area contributed by atoms with Gasteiger partial charge in [0, 0.05) is 12.6 Å². The third-order valence-corrected chi connectivity index (χ3v) is 3.34. The van der Waals surface area contributed by atoms with Crippen molar-refractivity contribution in [2.75, 3.05) is 13.1 Å². The number of amides is 1. The van der Waals surface area contributed by atoms with Gasteiger partial charge in [0.25, 0.3) is 0 Å². The predicted octanol–water partition coefficient (Wildman–Crippen LogP) is 2.50. The first kappa shape index (κ1) is 14.5. The lowest BCUT2D eigenvalue weighted by atomic mass is 10.0. The summed E-state index contributed by atoms with van der Waals surface area (Å²) in [6.45, 7) is 5.72. The molecule has 1 atom stereocenters. The molecule has 0 aliphatic rings. The van der Waals surface area contributed by atoms with Crippen molar-refractivity contribution in [1.29, 1.82) is 0 Å². The lowest BCUT2D eigenvalue weighted by molar-refractivity contribution is -0.120. The van der Waals surface area contributed by atoms with Crippen molar-refractivity contribution in [3.05, 3.63) is 48.0 Å². The highest BCUT2D eigenvalue weighted by molar-refractivity contribution is 5.85. The number of carbonyl (C=O) groups excluding carboxylic acids is 1. The van der Waals surface area contributed by atoms with Crippen LogP contribution in [0.15, 0.2) is 42.5 Å². The van der Waals surface area contributed by atoms with Crippen molar-refractivity contribution < 1.29 is 4.79 Å². The van der Waals surface area contributed by atoms with E-state index in [2.05, 4.69) is 48.7 Å². The van der Waals surface area contributed by atoms with Gasteiger partial charge in [-0.25, -0.2) is 0 Å². The monoisotopic (exact) mass is 270 g/mol. The van der Waals surface area contributed by atoms with Gasteiger partial charge >= 0.3 is 0 Å². The summed E-state index contributed by atoms with van der Waals surface area (Å²) in [4.78, 5) is 11.9. The Morgan fingerprint density at radius 2 is 1.90 bits per heavy atom. The molecule has 0 radical (unpaired) electrons. The van der Waals surface area contributed by atoms with E-state index in [1.165, 1.54) is 10.8 Å². The highest BCUT2D eigenvalue weighted by atomic mass is 16.1. The number of rotatable bonds is 6. The molecular weight excluding hydrogens is 248 g/mol. The van der Waals surface area contributed by atoms with E-state index in [9.17, 15) is 4.79 Å². The van der Waals surface area contributed by atoms with Gasteiger partial charge in [-0.1, -0.05) is 49.4 Å². The zero-order chi connectivity index (χ0) is 14.4. The van der Waals surface area contributed by atoms with Gasteiger partial charge in [0.05, 0.1) is 6.42 Å². The molecule has 0 aliphatic carbocycles. The molecule has 2 N–H and O–H groups in total. The maximum atomic E-state index is 11.9. The summed E-state index contributed by atoms with van der Waals surface area (Å²) in [6, 6.07) is 14.7. The first-order valence-electron chi connectivity index (χ1n) is 7.17. The molecule has 0 heterocycles. The summed E-state index contributed by atoms with van der Waals surface area (Å²) in [6.07, 6.45) is 0.434. The van der Waals surface area contributed by atoms with Crippen LogP contribution in [0.4, 0.5) is 0 Å². The van der Waals surface area contributed by atoms with Crippen LogP contribution < -0.4 is 10.6 Å². The number of carbonyl (C=O) groups is 1. The molecule has 0 bridgehead atoms. The van der Waals surface area contributed by atoms with Gasteiger partial charge in [0.15, 0.2) is 0 Å². The normalized spacial score (nSPS) is 12.3. The Morgan fingerprint density at radius 1 is 1.15 bits per heavy atom. The molecule has 0 saturated heterocycles. The van der Waals surface area contributed by atoms with Crippen LogP contribution in [0.5, 0.6) is 0 Å². The third-order valence-electron chi connectivity index (χ3n) is 3.34. The van der Waals surface area contributed by atoms with E-state index in [0.29, 0.717) is 19.0 Å². The quantitative estimate of drug-likeness (QED) is 0.847. The van der Waals surface area contributed by atoms with Gasteiger partial charge < -0.3 is 10.6 Å². The summed E-state index contributed by atoms with van der Waals surface area (Å²) >= 11 is 0. The molecule has 0 unspecified atom stereocenters. The topological polar surface area (TPSA) is 41.1 Å². The average Bonchev–Trinajstić information content (AvgIpc) is 2.45. The van der Waals surface area contributed by atoms with Crippen molar-refractivity contribution in [3.8, 4) is 0 Å². The molecule has 0 aromatic heterocycles. The number of likely N-dealkylation sites (N-methyl/N-ethyl adjacent to an activating group) is 1. The van der Waals surface area contributed by atoms with Crippen molar-refractivity contribution in [2.24, 2.45) is 0 Å². The molecule has 0 spiro atoms. The number of hydrogen-bond acceptors (Lipinski definition) is 2. The molecule has 3 heteroatoms. The van der Waals surface area contributed by atoms with Crippen LogP contribution in [0, 0.1) is 0 Å². The Morgan fingerprint density at radius 3 is 2.65 bits per heavy atom. The summed E-state index contributed by atoms with van der Waals surface area (Å²) < 4.78 is 0. The minimum absolute atomic E-state index is 0.0741. The van der Waals surface area contributed by atoms with E-state index in [1.54, 1.807) is 0 Å². The van der Waals surface area contributed by atoms with Crippen LogP contribution in [0.3, 0.4) is 0 Å². The maximum absolute atomic E-state index is 11.9. The second kappa shape index (κ2) is 7.06. The van der Waals surface area contributed by atoms with Crippen molar-refractivity contribution in [3.63, 3.8) is 0 Å². The van der Waals surface area contributed by atoms with Crippen LogP contribution in [0.25, 0.3) is 10.8 Å².